The molecule has 1 aliphatic heterocycles. The minimum absolute atomic E-state index is 0.337. The van der Waals surface area contributed by atoms with E-state index in [0.29, 0.717) is 24.2 Å². The van der Waals surface area contributed by atoms with Gasteiger partial charge in [-0.25, -0.2) is 0 Å². The molecule has 3 atom stereocenters. The first-order chi connectivity index (χ1) is 5.77. The second kappa shape index (κ2) is 3.35. The van der Waals surface area contributed by atoms with Crippen molar-refractivity contribution in [1.29, 1.82) is 0 Å². The van der Waals surface area contributed by atoms with Crippen LogP contribution >= 0.6 is 0 Å². The largest absolute Gasteiger partial charge is 0.373 e. The lowest BCUT2D eigenvalue weighted by Gasteiger charge is -2.34. The van der Waals surface area contributed by atoms with E-state index < -0.39 is 0 Å². The van der Waals surface area contributed by atoms with Gasteiger partial charge in [-0.3, -0.25) is 0 Å². The minimum Gasteiger partial charge on any atom is -0.373 e. The Labute approximate surface area is 74.2 Å². The van der Waals surface area contributed by atoms with Crippen LogP contribution in [0.2, 0.25) is 0 Å². The van der Waals surface area contributed by atoms with Gasteiger partial charge in [0.25, 0.3) is 0 Å². The molecular weight excluding hydrogens is 152 g/mol. The van der Waals surface area contributed by atoms with Crippen molar-refractivity contribution in [3.63, 3.8) is 0 Å². The van der Waals surface area contributed by atoms with Crippen molar-refractivity contribution in [2.45, 2.75) is 51.4 Å². The molecule has 2 fully saturated rings. The highest BCUT2D eigenvalue weighted by molar-refractivity contribution is 4.84. The van der Waals surface area contributed by atoms with Crippen molar-refractivity contribution >= 4 is 0 Å². The van der Waals surface area contributed by atoms with E-state index in [9.17, 15) is 0 Å². The van der Waals surface area contributed by atoms with E-state index in [2.05, 4.69) is 13.8 Å². The maximum atomic E-state index is 5.95. The van der Waals surface area contributed by atoms with Gasteiger partial charge in [-0.1, -0.05) is 13.8 Å². The molecule has 2 nitrogen and oxygen atoms in total. The number of fused-ring (bicyclic) bond motifs is 1. The van der Waals surface area contributed by atoms with Crippen LogP contribution in [0.5, 0.6) is 0 Å². The lowest BCUT2D eigenvalue weighted by Crippen LogP contribution is -2.42. The van der Waals surface area contributed by atoms with Crippen molar-refractivity contribution in [3.8, 4) is 0 Å². The average molecular weight is 170 g/mol. The fourth-order valence-corrected chi connectivity index (χ4v) is 2.07. The Balaban J connectivity index is 1.92. The first-order valence-corrected chi connectivity index (χ1v) is 5.04. The molecule has 1 heterocycles. The molecule has 3 unspecified atom stereocenters. The highest BCUT2D eigenvalue weighted by Crippen LogP contribution is 2.31. The third kappa shape index (κ3) is 1.50. The molecule has 2 heteroatoms. The smallest absolute Gasteiger partial charge is 0.0841 e. The van der Waals surface area contributed by atoms with E-state index in [4.69, 9.17) is 9.47 Å². The second-order valence-corrected chi connectivity index (χ2v) is 4.26. The predicted molar refractivity (Wildman–Crippen MR) is 47.1 cm³/mol. The Morgan fingerprint density at radius 1 is 1.17 bits per heavy atom. The zero-order valence-electron chi connectivity index (χ0n) is 7.95. The Hall–Kier alpha value is -0.0800. The standard InChI is InChI=1S/C10H18O2/c1-7(2)10-6-11-8-4-3-5-9(8)12-10/h7-10H,3-6H2,1-2H3. The highest BCUT2D eigenvalue weighted by Gasteiger charge is 2.36. The lowest BCUT2D eigenvalue weighted by molar-refractivity contribution is -0.179. The van der Waals surface area contributed by atoms with E-state index in [1.54, 1.807) is 0 Å². The second-order valence-electron chi connectivity index (χ2n) is 4.26. The Bertz CT molecular complexity index is 156. The van der Waals surface area contributed by atoms with E-state index in [1.165, 1.54) is 19.3 Å². The van der Waals surface area contributed by atoms with Crippen LogP contribution in [0.3, 0.4) is 0 Å². The molecule has 0 aromatic carbocycles. The highest BCUT2D eigenvalue weighted by atomic mass is 16.6. The molecule has 12 heavy (non-hydrogen) atoms. The van der Waals surface area contributed by atoms with Gasteiger partial charge in [0.2, 0.25) is 0 Å². The summed E-state index contributed by atoms with van der Waals surface area (Å²) >= 11 is 0. The quantitative estimate of drug-likeness (QED) is 0.599. The van der Waals surface area contributed by atoms with Gasteiger partial charge in [-0.15, -0.1) is 0 Å². The summed E-state index contributed by atoms with van der Waals surface area (Å²) in [7, 11) is 0. The van der Waals surface area contributed by atoms with Crippen LogP contribution in [0.1, 0.15) is 33.1 Å². The van der Waals surface area contributed by atoms with Crippen LogP contribution in [0.25, 0.3) is 0 Å². The Kier molecular flexibility index (Phi) is 2.37. The van der Waals surface area contributed by atoms with Crippen molar-refractivity contribution in [2.75, 3.05) is 6.61 Å². The summed E-state index contributed by atoms with van der Waals surface area (Å²) in [5.41, 5.74) is 0. The molecule has 0 spiro atoms. The van der Waals surface area contributed by atoms with Crippen molar-refractivity contribution in [1.82, 2.24) is 0 Å². The van der Waals surface area contributed by atoms with Gasteiger partial charge in [-0.2, -0.15) is 0 Å². The van der Waals surface area contributed by atoms with Crippen LogP contribution in [0, 0.1) is 5.92 Å². The first kappa shape index (κ1) is 8.52. The van der Waals surface area contributed by atoms with E-state index in [1.807, 2.05) is 0 Å². The van der Waals surface area contributed by atoms with Crippen molar-refractivity contribution in [3.05, 3.63) is 0 Å². The third-order valence-electron chi connectivity index (χ3n) is 2.96. The van der Waals surface area contributed by atoms with Crippen LogP contribution in [0.4, 0.5) is 0 Å². The number of rotatable bonds is 1. The van der Waals surface area contributed by atoms with Gasteiger partial charge in [0, 0.05) is 0 Å². The summed E-state index contributed by atoms with van der Waals surface area (Å²) in [6.07, 6.45) is 4.85. The van der Waals surface area contributed by atoms with Gasteiger partial charge in [0.1, 0.15) is 0 Å². The van der Waals surface area contributed by atoms with Gasteiger partial charge >= 0.3 is 0 Å². The summed E-state index contributed by atoms with van der Waals surface area (Å²) in [5.74, 6) is 0.589. The van der Waals surface area contributed by atoms with Gasteiger partial charge in [-0.05, 0) is 25.2 Å². The molecule has 0 amide bonds. The molecular formula is C10H18O2. The molecule has 1 saturated carbocycles. The van der Waals surface area contributed by atoms with Crippen LogP contribution in [-0.2, 0) is 9.47 Å². The summed E-state index contributed by atoms with van der Waals surface area (Å²) in [6.45, 7) is 5.20. The topological polar surface area (TPSA) is 18.5 Å². The third-order valence-corrected chi connectivity index (χ3v) is 2.96. The zero-order chi connectivity index (χ0) is 8.55. The monoisotopic (exact) mass is 170 g/mol. The van der Waals surface area contributed by atoms with Gasteiger partial charge in [0.05, 0.1) is 24.9 Å². The Morgan fingerprint density at radius 3 is 2.67 bits per heavy atom. The minimum atomic E-state index is 0.337. The normalized spacial score (nSPS) is 41.8. The number of ether oxygens (including phenoxy) is 2. The molecule has 0 bridgehead atoms. The molecule has 0 N–H and O–H groups in total. The van der Waals surface area contributed by atoms with E-state index >= 15 is 0 Å². The maximum Gasteiger partial charge on any atom is 0.0841 e. The van der Waals surface area contributed by atoms with E-state index in [0.717, 1.165) is 6.61 Å². The summed E-state index contributed by atoms with van der Waals surface area (Å²) in [4.78, 5) is 0. The molecule has 2 aliphatic rings. The average Bonchev–Trinajstić information content (AvgIpc) is 2.49. The molecule has 1 saturated heterocycles. The van der Waals surface area contributed by atoms with Crippen LogP contribution < -0.4 is 0 Å². The molecule has 1 aliphatic carbocycles. The summed E-state index contributed by atoms with van der Waals surface area (Å²) in [6, 6.07) is 0. The van der Waals surface area contributed by atoms with Crippen LogP contribution in [-0.4, -0.2) is 24.9 Å². The molecule has 2 rings (SSSR count). The van der Waals surface area contributed by atoms with Gasteiger partial charge < -0.3 is 9.47 Å². The molecule has 0 aromatic heterocycles. The van der Waals surface area contributed by atoms with Gasteiger partial charge in [0.15, 0.2) is 0 Å². The lowest BCUT2D eigenvalue weighted by atomic mass is 10.1. The van der Waals surface area contributed by atoms with Crippen LogP contribution in [0.15, 0.2) is 0 Å². The van der Waals surface area contributed by atoms with Crippen molar-refractivity contribution < 1.29 is 9.47 Å². The SMILES string of the molecule is CC(C)C1COC2CCCC2O1. The predicted octanol–water partition coefficient (Wildman–Crippen LogP) is 1.98. The molecule has 0 aromatic rings. The Morgan fingerprint density at radius 2 is 1.92 bits per heavy atom. The fraction of sp³-hybridized carbons (Fsp3) is 1.00. The van der Waals surface area contributed by atoms with E-state index in [-0.39, 0.29) is 0 Å². The first-order valence-electron chi connectivity index (χ1n) is 5.04. The number of hydrogen-bond donors (Lipinski definition) is 0. The molecule has 70 valence electrons. The van der Waals surface area contributed by atoms with Crippen molar-refractivity contribution in [2.24, 2.45) is 5.92 Å². The summed E-state index contributed by atoms with van der Waals surface area (Å²) < 4.78 is 11.7. The zero-order valence-corrected chi connectivity index (χ0v) is 7.95. The maximum absolute atomic E-state index is 5.95. The number of hydrogen-bond acceptors (Lipinski definition) is 2. The fourth-order valence-electron chi connectivity index (χ4n) is 2.07. The molecule has 0 radical (unpaired) electrons. The summed E-state index contributed by atoms with van der Waals surface area (Å²) in [5, 5.41) is 0.